The zero-order valence-electron chi connectivity index (χ0n) is 35.3. The normalized spacial score (nSPS) is 13.1. The number of nitrogens with zero attached hydrogens (tertiary/aromatic N) is 2. The Labute approximate surface area is 326 Å². The van der Waals surface area contributed by atoms with E-state index in [4.69, 9.17) is 9.97 Å². The molecule has 2 aliphatic heterocycles. The molecule has 0 atom stereocenters. The second-order valence-electron chi connectivity index (χ2n) is 15.2. The van der Waals surface area contributed by atoms with Gasteiger partial charge in [-0.1, -0.05) is 112 Å². The van der Waals surface area contributed by atoms with E-state index in [1.54, 1.807) is 0 Å². The number of hydrogen-bond acceptors (Lipinski definition) is 2. The van der Waals surface area contributed by atoms with Gasteiger partial charge in [0.2, 0.25) is 0 Å². The lowest BCUT2D eigenvalue weighted by molar-refractivity contribution is 0.784. The number of hydrogen-bond donors (Lipinski definition) is 2. The van der Waals surface area contributed by atoms with Gasteiger partial charge in [-0.15, -0.1) is 0 Å². The summed E-state index contributed by atoms with van der Waals surface area (Å²) in [5, 5.41) is 0. The van der Waals surface area contributed by atoms with Gasteiger partial charge in [-0.05, 0) is 133 Å². The van der Waals surface area contributed by atoms with Crippen LogP contribution in [0.4, 0.5) is 0 Å². The Kier molecular flexibility index (Phi) is 12.8. The van der Waals surface area contributed by atoms with Crippen molar-refractivity contribution in [3.8, 4) is 11.1 Å². The number of unbranched alkanes of at least 4 members (excludes halogenated alkanes) is 2. The molecule has 6 rings (SSSR count). The lowest BCUT2D eigenvalue weighted by atomic mass is 9.90. The fourth-order valence-electron chi connectivity index (χ4n) is 9.61. The maximum absolute atomic E-state index is 5.88. The first kappa shape index (κ1) is 39.5. The molecular formula is C50H66N4. The second kappa shape index (κ2) is 17.5. The number of allylic oxidation sites excluding steroid dienone is 4. The minimum absolute atomic E-state index is 0.935. The summed E-state index contributed by atoms with van der Waals surface area (Å²) in [5.41, 5.74) is 26.3. The maximum Gasteiger partial charge on any atom is 0.0771 e. The van der Waals surface area contributed by atoms with Crippen LogP contribution >= 0.6 is 0 Å². The first-order valence-corrected chi connectivity index (χ1v) is 21.7. The van der Waals surface area contributed by atoms with Crippen LogP contribution in [0.2, 0.25) is 0 Å². The number of aromatic amines is 2. The molecule has 0 radical (unpaired) electrons. The lowest BCUT2D eigenvalue weighted by Crippen LogP contribution is -2.00. The monoisotopic (exact) mass is 723 g/mol. The predicted molar refractivity (Wildman–Crippen MR) is 236 cm³/mol. The van der Waals surface area contributed by atoms with Gasteiger partial charge in [0.25, 0.3) is 0 Å². The Bertz CT molecular complexity index is 2220. The van der Waals surface area contributed by atoms with Crippen molar-refractivity contribution >= 4 is 44.4 Å². The molecule has 0 aliphatic carbocycles. The minimum Gasteiger partial charge on any atom is -0.355 e. The summed E-state index contributed by atoms with van der Waals surface area (Å²) in [6.07, 6.45) is 14.3. The molecule has 5 heterocycles. The molecule has 4 aromatic rings. The molecule has 8 bridgehead atoms. The van der Waals surface area contributed by atoms with E-state index in [-0.39, 0.29) is 0 Å². The zero-order valence-corrected chi connectivity index (χ0v) is 35.3. The maximum atomic E-state index is 5.88. The average molecular weight is 723 g/mol. The van der Waals surface area contributed by atoms with Gasteiger partial charge in [0.1, 0.15) is 0 Å². The number of fused-ring (bicyclic) bond motifs is 8. The molecule has 3 aromatic heterocycles. The first-order valence-electron chi connectivity index (χ1n) is 21.7. The molecule has 286 valence electrons. The van der Waals surface area contributed by atoms with Crippen LogP contribution in [0.1, 0.15) is 177 Å². The smallest absolute Gasteiger partial charge is 0.0771 e. The summed E-state index contributed by atoms with van der Waals surface area (Å²) < 4.78 is 0. The molecule has 54 heavy (non-hydrogen) atoms. The number of H-pyrrole nitrogens is 2. The number of aryl methyl sites for hydroxylation is 5. The van der Waals surface area contributed by atoms with Gasteiger partial charge < -0.3 is 9.97 Å². The lowest BCUT2D eigenvalue weighted by Gasteiger charge is -2.12. The quantitative estimate of drug-likeness (QED) is 0.128. The van der Waals surface area contributed by atoms with Gasteiger partial charge in [0, 0.05) is 33.2 Å². The van der Waals surface area contributed by atoms with Crippen LogP contribution in [0.3, 0.4) is 0 Å². The van der Waals surface area contributed by atoms with Gasteiger partial charge in [-0.2, -0.15) is 0 Å². The summed E-state index contributed by atoms with van der Waals surface area (Å²) >= 11 is 0. The predicted octanol–water partition coefficient (Wildman–Crippen LogP) is 14.4. The fourth-order valence-corrected chi connectivity index (χ4v) is 9.61. The van der Waals surface area contributed by atoms with E-state index in [1.165, 1.54) is 106 Å². The molecule has 0 amide bonds. The average Bonchev–Trinajstić information content (AvgIpc) is 3.95. The highest BCUT2D eigenvalue weighted by Gasteiger charge is 2.30. The number of benzene rings is 1. The van der Waals surface area contributed by atoms with Crippen molar-refractivity contribution in [2.75, 3.05) is 0 Å². The molecule has 4 heteroatoms. The van der Waals surface area contributed by atoms with Gasteiger partial charge in [-0.25, -0.2) is 9.97 Å². The summed E-state index contributed by atoms with van der Waals surface area (Å²) in [6.45, 7) is 23.3. The van der Waals surface area contributed by atoms with E-state index < -0.39 is 0 Å². The molecule has 0 saturated heterocycles. The molecule has 0 saturated carbocycles. The zero-order chi connectivity index (χ0) is 38.5. The molecule has 2 N–H and O–H groups in total. The third-order valence-corrected chi connectivity index (χ3v) is 12.2. The molecular weight excluding hydrogens is 657 g/mol. The van der Waals surface area contributed by atoms with Crippen LogP contribution in [0.15, 0.2) is 36.4 Å². The van der Waals surface area contributed by atoms with Crippen LogP contribution in [0.25, 0.3) is 55.5 Å². The Morgan fingerprint density at radius 3 is 1.33 bits per heavy atom. The molecule has 0 spiro atoms. The molecule has 0 fully saturated rings. The third kappa shape index (κ3) is 6.84. The summed E-state index contributed by atoms with van der Waals surface area (Å²) in [7, 11) is 0. The van der Waals surface area contributed by atoms with E-state index >= 15 is 0 Å². The van der Waals surface area contributed by atoms with Crippen molar-refractivity contribution in [2.45, 2.75) is 159 Å². The van der Waals surface area contributed by atoms with Gasteiger partial charge in [0.05, 0.1) is 28.3 Å². The summed E-state index contributed by atoms with van der Waals surface area (Å²) in [5.74, 6) is 0. The van der Waals surface area contributed by atoms with Crippen LogP contribution in [-0.4, -0.2) is 19.9 Å². The second-order valence-corrected chi connectivity index (χ2v) is 15.2. The van der Waals surface area contributed by atoms with Crippen molar-refractivity contribution < 1.29 is 0 Å². The minimum atomic E-state index is 0.935. The highest BCUT2D eigenvalue weighted by atomic mass is 14.8. The van der Waals surface area contributed by atoms with Crippen molar-refractivity contribution in [2.24, 2.45) is 0 Å². The highest BCUT2D eigenvalue weighted by Crippen LogP contribution is 2.46. The van der Waals surface area contributed by atoms with Gasteiger partial charge in [-0.3, -0.25) is 0 Å². The summed E-state index contributed by atoms with van der Waals surface area (Å²) in [4.78, 5) is 20.0. The standard InChI is InChI=1S/C50H66N4/c1-11-21-28-40-45-34(15-5)32(13-3)42(51-45)30-43-33(14-4)35(16-6)49(52-43)44(31-26-24-23-25-27-31)50-39(20-10)38(19-9)48(54-50)41(29-22-12-2)47-37(18-8)36(17-7)46(40)53-47/h23-27,30,51-52H,11-22,28-29H2,1-10H3. The van der Waals surface area contributed by atoms with E-state index in [0.717, 1.165) is 95.6 Å². The van der Waals surface area contributed by atoms with E-state index in [9.17, 15) is 0 Å². The van der Waals surface area contributed by atoms with Crippen molar-refractivity contribution in [1.82, 2.24) is 19.9 Å². The highest BCUT2D eigenvalue weighted by molar-refractivity contribution is 6.03. The number of rotatable bonds is 15. The largest absolute Gasteiger partial charge is 0.355 e. The van der Waals surface area contributed by atoms with Crippen molar-refractivity contribution in [3.05, 3.63) is 92.6 Å². The summed E-state index contributed by atoms with van der Waals surface area (Å²) in [6, 6.07) is 13.5. The van der Waals surface area contributed by atoms with E-state index in [0.29, 0.717) is 0 Å². The topological polar surface area (TPSA) is 57.4 Å². The molecule has 0 unspecified atom stereocenters. The van der Waals surface area contributed by atoms with Gasteiger partial charge in [0.15, 0.2) is 0 Å². The molecule has 4 nitrogen and oxygen atoms in total. The Morgan fingerprint density at radius 2 is 0.852 bits per heavy atom. The Balaban J connectivity index is 2.01. The third-order valence-electron chi connectivity index (χ3n) is 12.2. The first-order chi connectivity index (χ1) is 26.4. The Morgan fingerprint density at radius 1 is 0.426 bits per heavy atom. The van der Waals surface area contributed by atoms with E-state index in [1.807, 2.05) is 0 Å². The molecule has 1 aromatic carbocycles. The fraction of sp³-hybridized carbons (Fsp3) is 0.480. The van der Waals surface area contributed by atoms with Crippen LogP contribution in [0, 0.1) is 0 Å². The number of nitrogens with one attached hydrogen (secondary N) is 2. The number of aromatic nitrogens is 4. The van der Waals surface area contributed by atoms with E-state index in [2.05, 4.69) is 116 Å². The van der Waals surface area contributed by atoms with Crippen molar-refractivity contribution in [3.63, 3.8) is 0 Å². The van der Waals surface area contributed by atoms with Crippen LogP contribution in [-0.2, 0) is 38.5 Å². The molecule has 2 aliphatic rings. The SMILES string of the molecule is CCCCc1c2nc(c(CCCC)c3[nH]c(cc4[nH]c(c(CC)c4CC)c(-c4ccccc4)c4nc1C(CC)=C4CC)c(CC)c3CC)C(CC)=C2CC. The van der Waals surface area contributed by atoms with Gasteiger partial charge >= 0.3 is 0 Å². The van der Waals surface area contributed by atoms with Crippen LogP contribution < -0.4 is 0 Å². The Hall–Kier alpha value is -4.18. The van der Waals surface area contributed by atoms with Crippen LogP contribution in [0.5, 0.6) is 0 Å². The van der Waals surface area contributed by atoms with Crippen molar-refractivity contribution in [1.29, 1.82) is 0 Å².